The Kier molecular flexibility index (Phi) is 5.70. The molecule has 0 bridgehead atoms. The fourth-order valence-electron chi connectivity index (χ4n) is 10.6. The number of hydrogen-bond acceptors (Lipinski definition) is 6. The Hall–Kier alpha value is -2.55. The quantitative estimate of drug-likeness (QED) is 0.395. The number of aromatic nitrogens is 2. The van der Waals surface area contributed by atoms with Crippen molar-refractivity contribution in [3.8, 4) is 6.07 Å². The maximum Gasteiger partial charge on any atom is 0.226 e. The van der Waals surface area contributed by atoms with Gasteiger partial charge in [-0.25, -0.2) is 0 Å². The Bertz CT molecular complexity index is 1410. The molecule has 1 heterocycles. The molecule has 0 N–H and O–H groups in total. The lowest BCUT2D eigenvalue weighted by Gasteiger charge is -2.69. The zero-order valence-corrected chi connectivity index (χ0v) is 25.6. The summed E-state index contributed by atoms with van der Waals surface area (Å²) in [7, 11) is 0. The van der Waals surface area contributed by atoms with Crippen LogP contribution < -0.4 is 0 Å². The SMILES string of the molecule is CCc1nc([C@]23CCC(C)(C)C[C@H]2[C@H]2C(=O)C=C4[C@@]5(C)C=C(C#N)C(=O)C(C)(C)[C@@H]5CC[C@@]4(C)[C@]2(C)CC3)no1. The van der Waals surface area contributed by atoms with Gasteiger partial charge in [-0.2, -0.15) is 10.2 Å². The second-order valence-electron chi connectivity index (χ2n) is 15.8. The van der Waals surface area contributed by atoms with Crippen molar-refractivity contribution < 1.29 is 14.1 Å². The summed E-state index contributed by atoms with van der Waals surface area (Å²) in [6.45, 7) is 17.7. The van der Waals surface area contributed by atoms with E-state index in [1.807, 2.05) is 32.9 Å². The molecule has 6 heteroatoms. The maximum absolute atomic E-state index is 14.6. The molecule has 0 unspecified atom stereocenters. The van der Waals surface area contributed by atoms with Crippen LogP contribution in [0.1, 0.15) is 112 Å². The molecule has 0 aliphatic heterocycles. The van der Waals surface area contributed by atoms with Crippen LogP contribution in [0, 0.1) is 56.2 Å². The van der Waals surface area contributed by atoms with Gasteiger partial charge in [0.2, 0.25) is 5.89 Å². The van der Waals surface area contributed by atoms with E-state index in [0.717, 1.165) is 56.3 Å². The lowest BCUT2D eigenvalue weighted by molar-refractivity contribution is -0.160. The summed E-state index contributed by atoms with van der Waals surface area (Å²) in [5.74, 6) is 1.70. The number of aryl methyl sites for hydroxylation is 1. The number of carbonyl (C=O) groups is 2. The average Bonchev–Trinajstić information content (AvgIpc) is 3.37. The molecule has 0 saturated heterocycles. The largest absolute Gasteiger partial charge is 0.339 e. The standard InChI is InChI=1S/C34H45N3O3/c1-9-25-36-28(37-40-25)34-14-12-29(2,3)18-21(34)26-22(38)16-24-31(6)17-20(19-35)27(39)30(4,5)23(31)10-11-32(24,7)33(26,8)13-15-34/h16-17,21,23,26H,9-15,18H2,1-8H3/t21-,23-,26-,31-,32+,33+,34-/m0/s1. The summed E-state index contributed by atoms with van der Waals surface area (Å²) in [5.41, 5.74) is -0.348. The van der Waals surface area contributed by atoms with Gasteiger partial charge in [0.25, 0.3) is 0 Å². The third-order valence-corrected chi connectivity index (χ3v) is 13.1. The van der Waals surface area contributed by atoms with Crippen LogP contribution >= 0.6 is 0 Å². The van der Waals surface area contributed by atoms with Crippen LogP contribution in [0.4, 0.5) is 0 Å². The summed E-state index contributed by atoms with van der Waals surface area (Å²) >= 11 is 0. The molecule has 5 aliphatic rings. The number of allylic oxidation sites excluding steroid dienone is 4. The van der Waals surface area contributed by atoms with Gasteiger partial charge in [0.1, 0.15) is 6.07 Å². The minimum Gasteiger partial charge on any atom is -0.339 e. The Morgan fingerprint density at radius 1 is 1.02 bits per heavy atom. The van der Waals surface area contributed by atoms with E-state index in [2.05, 4.69) is 45.8 Å². The molecule has 0 spiro atoms. The van der Waals surface area contributed by atoms with Gasteiger partial charge in [0, 0.05) is 28.6 Å². The van der Waals surface area contributed by atoms with Crippen molar-refractivity contribution in [3.63, 3.8) is 0 Å². The molecule has 1 aromatic heterocycles. The second kappa shape index (κ2) is 8.26. The number of nitriles is 1. The molecule has 0 amide bonds. The summed E-state index contributed by atoms with van der Waals surface area (Å²) in [6, 6.07) is 2.21. The van der Waals surface area contributed by atoms with E-state index in [1.54, 1.807) is 0 Å². The number of rotatable bonds is 2. The predicted molar refractivity (Wildman–Crippen MR) is 152 cm³/mol. The molecule has 7 atom stereocenters. The predicted octanol–water partition coefficient (Wildman–Crippen LogP) is 7.10. The van der Waals surface area contributed by atoms with Crippen molar-refractivity contribution in [2.45, 2.75) is 112 Å². The first-order valence-corrected chi connectivity index (χ1v) is 15.4. The van der Waals surface area contributed by atoms with Crippen LogP contribution in [0.2, 0.25) is 0 Å². The maximum atomic E-state index is 14.6. The van der Waals surface area contributed by atoms with Crippen LogP contribution in [0.25, 0.3) is 0 Å². The molecule has 40 heavy (non-hydrogen) atoms. The normalized spacial score (nSPS) is 43.3. The van der Waals surface area contributed by atoms with Crippen molar-refractivity contribution in [1.29, 1.82) is 5.26 Å². The van der Waals surface area contributed by atoms with E-state index < -0.39 is 10.8 Å². The first kappa shape index (κ1) is 27.6. The fraction of sp³-hybridized carbons (Fsp3) is 0.735. The number of fused-ring (bicyclic) bond motifs is 7. The second-order valence-corrected chi connectivity index (χ2v) is 15.8. The van der Waals surface area contributed by atoms with E-state index in [-0.39, 0.29) is 56.6 Å². The van der Waals surface area contributed by atoms with Gasteiger partial charge in [-0.1, -0.05) is 72.2 Å². The monoisotopic (exact) mass is 543 g/mol. The summed E-state index contributed by atoms with van der Waals surface area (Å²) in [4.78, 5) is 32.8. The lowest BCUT2D eigenvalue weighted by atomic mass is 9.34. The van der Waals surface area contributed by atoms with E-state index in [1.165, 1.54) is 0 Å². The van der Waals surface area contributed by atoms with Crippen molar-refractivity contribution >= 4 is 11.6 Å². The zero-order chi connectivity index (χ0) is 29.1. The zero-order valence-electron chi connectivity index (χ0n) is 25.6. The van der Waals surface area contributed by atoms with Gasteiger partial charge < -0.3 is 4.52 Å². The molecule has 3 fully saturated rings. The van der Waals surface area contributed by atoms with Crippen LogP contribution in [0.3, 0.4) is 0 Å². The molecule has 0 aromatic carbocycles. The third-order valence-electron chi connectivity index (χ3n) is 13.1. The molecule has 1 aromatic rings. The number of ketones is 2. The van der Waals surface area contributed by atoms with Crippen molar-refractivity contribution in [2.75, 3.05) is 0 Å². The molecule has 6 nitrogen and oxygen atoms in total. The Morgan fingerprint density at radius 2 is 1.73 bits per heavy atom. The number of Topliss-reactive ketones (excluding diaryl/α,β-unsaturated/α-hetero) is 1. The molecular weight excluding hydrogens is 498 g/mol. The Labute approximate surface area is 239 Å². The van der Waals surface area contributed by atoms with Gasteiger partial charge in [0.15, 0.2) is 17.4 Å². The minimum atomic E-state index is -0.651. The summed E-state index contributed by atoms with van der Waals surface area (Å²) < 4.78 is 5.66. The van der Waals surface area contributed by atoms with Gasteiger partial charge in [-0.15, -0.1) is 0 Å². The van der Waals surface area contributed by atoms with Crippen LogP contribution in [0.15, 0.2) is 27.8 Å². The summed E-state index contributed by atoms with van der Waals surface area (Å²) in [6.07, 6.45) is 11.3. The highest BCUT2D eigenvalue weighted by Crippen LogP contribution is 2.74. The smallest absolute Gasteiger partial charge is 0.226 e. The topological polar surface area (TPSA) is 96.8 Å². The van der Waals surface area contributed by atoms with Crippen LogP contribution in [-0.4, -0.2) is 21.7 Å². The molecule has 3 saturated carbocycles. The number of nitrogens with zero attached hydrogens (tertiary/aromatic N) is 3. The Balaban J connectivity index is 1.53. The minimum absolute atomic E-state index is 0.0555. The van der Waals surface area contributed by atoms with Crippen molar-refractivity contribution in [2.24, 2.45) is 44.8 Å². The first-order chi connectivity index (χ1) is 18.6. The molecule has 5 aliphatic carbocycles. The third kappa shape index (κ3) is 3.27. The van der Waals surface area contributed by atoms with Crippen molar-refractivity contribution in [1.82, 2.24) is 10.1 Å². The van der Waals surface area contributed by atoms with E-state index >= 15 is 0 Å². The highest BCUT2D eigenvalue weighted by atomic mass is 16.5. The van der Waals surface area contributed by atoms with Crippen LogP contribution in [-0.2, 0) is 21.4 Å². The lowest BCUT2D eigenvalue weighted by Crippen LogP contribution is -2.65. The van der Waals surface area contributed by atoms with Gasteiger partial charge >= 0.3 is 0 Å². The van der Waals surface area contributed by atoms with Gasteiger partial charge in [-0.05, 0) is 79.1 Å². The van der Waals surface area contributed by atoms with Crippen molar-refractivity contribution in [3.05, 3.63) is 35.0 Å². The van der Waals surface area contributed by atoms with Gasteiger partial charge in [0.05, 0.1) is 5.57 Å². The summed E-state index contributed by atoms with van der Waals surface area (Å²) in [5, 5.41) is 14.5. The van der Waals surface area contributed by atoms with E-state index in [0.29, 0.717) is 12.3 Å². The number of hydrogen-bond donors (Lipinski definition) is 0. The van der Waals surface area contributed by atoms with Gasteiger partial charge in [-0.3, -0.25) is 9.59 Å². The van der Waals surface area contributed by atoms with E-state index in [4.69, 9.17) is 9.51 Å². The molecule has 214 valence electrons. The van der Waals surface area contributed by atoms with Crippen LogP contribution in [0.5, 0.6) is 0 Å². The van der Waals surface area contributed by atoms with E-state index in [9.17, 15) is 14.9 Å². The first-order valence-electron chi connectivity index (χ1n) is 15.4. The highest BCUT2D eigenvalue weighted by molar-refractivity contribution is 6.04. The molecule has 6 rings (SSSR count). The molecular formula is C34H45N3O3. The molecule has 0 radical (unpaired) electrons. The highest BCUT2D eigenvalue weighted by Gasteiger charge is 2.70. The fourth-order valence-corrected chi connectivity index (χ4v) is 10.6. The number of carbonyl (C=O) groups excluding carboxylic acids is 2. The average molecular weight is 544 g/mol. The Morgan fingerprint density at radius 3 is 2.38 bits per heavy atom.